The van der Waals surface area contributed by atoms with Crippen LogP contribution in [-0.4, -0.2) is 16.3 Å². The molecule has 19 heavy (non-hydrogen) atoms. The summed E-state index contributed by atoms with van der Waals surface area (Å²) in [5.41, 5.74) is 13.1. The van der Waals surface area contributed by atoms with Crippen molar-refractivity contribution in [1.82, 2.24) is 9.78 Å². The second kappa shape index (κ2) is 4.30. The molecule has 0 amide bonds. The van der Waals surface area contributed by atoms with Gasteiger partial charge in [0.25, 0.3) is 0 Å². The highest BCUT2D eigenvalue weighted by Crippen LogP contribution is 2.32. The van der Waals surface area contributed by atoms with Gasteiger partial charge in [-0.1, -0.05) is 6.07 Å². The molecular formula is C15H20N4. The summed E-state index contributed by atoms with van der Waals surface area (Å²) in [4.78, 5) is 2.39. The predicted molar refractivity (Wildman–Crippen MR) is 78.3 cm³/mol. The molecule has 1 aromatic heterocycles. The molecule has 0 spiro atoms. The molecule has 0 atom stereocenters. The van der Waals surface area contributed by atoms with Crippen molar-refractivity contribution < 1.29 is 0 Å². The zero-order valence-electron chi connectivity index (χ0n) is 11.8. The summed E-state index contributed by atoms with van der Waals surface area (Å²) in [6.45, 7) is 6.06. The highest BCUT2D eigenvalue weighted by Gasteiger charge is 2.21. The van der Waals surface area contributed by atoms with Crippen LogP contribution < -0.4 is 10.6 Å². The topological polar surface area (TPSA) is 47.1 Å². The zero-order valence-corrected chi connectivity index (χ0v) is 11.8. The Morgan fingerprint density at radius 2 is 2.05 bits per heavy atom. The Labute approximate surface area is 113 Å². The van der Waals surface area contributed by atoms with Crippen molar-refractivity contribution in [3.05, 3.63) is 40.7 Å². The first-order chi connectivity index (χ1) is 9.04. The van der Waals surface area contributed by atoms with Crippen LogP contribution in [0, 0.1) is 13.8 Å². The standard InChI is InChI=1S/C15H20N4/c1-10-6-12-4-5-19(15(12)8-14(10)16)9-13-7-11(2)17-18(13)3/h6-8H,4-5,9,16H2,1-3H3. The minimum absolute atomic E-state index is 0.881. The Morgan fingerprint density at radius 3 is 2.74 bits per heavy atom. The SMILES string of the molecule is Cc1cc(CN2CCc3cc(C)c(N)cc32)n(C)n1. The van der Waals surface area contributed by atoms with Crippen molar-refractivity contribution >= 4 is 11.4 Å². The van der Waals surface area contributed by atoms with E-state index in [0.717, 1.165) is 30.9 Å². The third-order valence-electron chi connectivity index (χ3n) is 3.91. The number of benzene rings is 1. The summed E-state index contributed by atoms with van der Waals surface area (Å²) < 4.78 is 1.96. The predicted octanol–water partition coefficient (Wildman–Crippen LogP) is 2.18. The second-order valence-electron chi connectivity index (χ2n) is 5.41. The van der Waals surface area contributed by atoms with E-state index in [1.165, 1.54) is 22.5 Å². The molecule has 4 nitrogen and oxygen atoms in total. The molecule has 0 saturated carbocycles. The van der Waals surface area contributed by atoms with Crippen LogP contribution in [0.15, 0.2) is 18.2 Å². The normalized spacial score (nSPS) is 13.9. The van der Waals surface area contributed by atoms with Crippen molar-refractivity contribution in [2.24, 2.45) is 7.05 Å². The fourth-order valence-corrected chi connectivity index (χ4v) is 2.81. The van der Waals surface area contributed by atoms with E-state index in [1.54, 1.807) is 0 Å². The van der Waals surface area contributed by atoms with E-state index in [2.05, 4.69) is 35.1 Å². The minimum Gasteiger partial charge on any atom is -0.398 e. The number of nitrogen functional groups attached to an aromatic ring is 1. The largest absolute Gasteiger partial charge is 0.398 e. The van der Waals surface area contributed by atoms with Gasteiger partial charge in [-0.15, -0.1) is 0 Å². The molecule has 2 N–H and O–H groups in total. The fourth-order valence-electron chi connectivity index (χ4n) is 2.81. The van der Waals surface area contributed by atoms with Crippen LogP contribution in [0.3, 0.4) is 0 Å². The number of hydrogen-bond donors (Lipinski definition) is 1. The molecule has 0 unspecified atom stereocenters. The van der Waals surface area contributed by atoms with Crippen molar-refractivity contribution in [2.75, 3.05) is 17.2 Å². The lowest BCUT2D eigenvalue weighted by molar-refractivity contribution is 0.684. The van der Waals surface area contributed by atoms with Crippen LogP contribution in [-0.2, 0) is 20.0 Å². The Bertz CT molecular complexity index is 627. The van der Waals surface area contributed by atoms with Gasteiger partial charge in [-0.3, -0.25) is 4.68 Å². The quantitative estimate of drug-likeness (QED) is 0.838. The molecule has 3 rings (SSSR count). The molecule has 0 saturated heterocycles. The van der Waals surface area contributed by atoms with Gasteiger partial charge in [0.1, 0.15) is 0 Å². The number of fused-ring (bicyclic) bond motifs is 1. The molecule has 1 aliphatic rings. The lowest BCUT2D eigenvalue weighted by atomic mass is 10.1. The summed E-state index contributed by atoms with van der Waals surface area (Å²) in [5, 5.41) is 4.41. The number of nitrogens with two attached hydrogens (primary N) is 1. The number of nitrogens with zero attached hydrogens (tertiary/aromatic N) is 3. The Balaban J connectivity index is 1.90. The maximum atomic E-state index is 6.04. The van der Waals surface area contributed by atoms with Gasteiger partial charge < -0.3 is 10.6 Å². The van der Waals surface area contributed by atoms with Gasteiger partial charge >= 0.3 is 0 Å². The highest BCUT2D eigenvalue weighted by molar-refractivity contribution is 5.67. The van der Waals surface area contributed by atoms with E-state index in [0.29, 0.717) is 0 Å². The van der Waals surface area contributed by atoms with Crippen LogP contribution in [0.25, 0.3) is 0 Å². The monoisotopic (exact) mass is 256 g/mol. The van der Waals surface area contributed by atoms with E-state index in [9.17, 15) is 0 Å². The molecular weight excluding hydrogens is 236 g/mol. The number of anilines is 2. The molecule has 100 valence electrons. The van der Waals surface area contributed by atoms with E-state index in [4.69, 9.17) is 5.73 Å². The van der Waals surface area contributed by atoms with Crippen molar-refractivity contribution in [3.8, 4) is 0 Å². The molecule has 1 aromatic carbocycles. The number of aromatic nitrogens is 2. The Kier molecular flexibility index (Phi) is 2.73. The van der Waals surface area contributed by atoms with Gasteiger partial charge in [0.15, 0.2) is 0 Å². The van der Waals surface area contributed by atoms with Gasteiger partial charge in [0, 0.05) is 25.0 Å². The van der Waals surface area contributed by atoms with Crippen LogP contribution in [0.2, 0.25) is 0 Å². The van der Waals surface area contributed by atoms with E-state index >= 15 is 0 Å². The first kappa shape index (κ1) is 12.1. The van der Waals surface area contributed by atoms with Gasteiger partial charge in [-0.25, -0.2) is 0 Å². The first-order valence-corrected chi connectivity index (χ1v) is 6.68. The summed E-state index contributed by atoms with van der Waals surface area (Å²) in [5.74, 6) is 0. The lowest BCUT2D eigenvalue weighted by Gasteiger charge is -2.20. The van der Waals surface area contributed by atoms with Gasteiger partial charge in [-0.2, -0.15) is 5.10 Å². The Morgan fingerprint density at radius 1 is 1.26 bits per heavy atom. The molecule has 4 heteroatoms. The molecule has 0 radical (unpaired) electrons. The maximum Gasteiger partial charge on any atom is 0.0599 e. The molecule has 0 fully saturated rings. The summed E-state index contributed by atoms with van der Waals surface area (Å²) in [6, 6.07) is 6.48. The van der Waals surface area contributed by atoms with Crippen LogP contribution in [0.5, 0.6) is 0 Å². The lowest BCUT2D eigenvalue weighted by Crippen LogP contribution is -2.21. The van der Waals surface area contributed by atoms with Crippen LogP contribution in [0.1, 0.15) is 22.5 Å². The maximum absolute atomic E-state index is 6.04. The summed E-state index contributed by atoms with van der Waals surface area (Å²) in [7, 11) is 2.00. The average Bonchev–Trinajstić information content (AvgIpc) is 2.86. The van der Waals surface area contributed by atoms with Crippen molar-refractivity contribution in [3.63, 3.8) is 0 Å². The van der Waals surface area contributed by atoms with Crippen molar-refractivity contribution in [1.29, 1.82) is 0 Å². The first-order valence-electron chi connectivity index (χ1n) is 6.68. The third-order valence-corrected chi connectivity index (χ3v) is 3.91. The molecule has 0 bridgehead atoms. The smallest absolute Gasteiger partial charge is 0.0599 e. The molecule has 1 aliphatic heterocycles. The van der Waals surface area contributed by atoms with Gasteiger partial charge in [-0.05, 0) is 43.5 Å². The fraction of sp³-hybridized carbons (Fsp3) is 0.400. The Hall–Kier alpha value is -1.97. The molecule has 2 aromatic rings. The van der Waals surface area contributed by atoms with Crippen LogP contribution >= 0.6 is 0 Å². The number of rotatable bonds is 2. The zero-order chi connectivity index (χ0) is 13.6. The second-order valence-corrected chi connectivity index (χ2v) is 5.41. The average molecular weight is 256 g/mol. The minimum atomic E-state index is 0.881. The van der Waals surface area contributed by atoms with Crippen molar-refractivity contribution in [2.45, 2.75) is 26.8 Å². The van der Waals surface area contributed by atoms with E-state index in [1.807, 2.05) is 18.7 Å². The van der Waals surface area contributed by atoms with Gasteiger partial charge in [0.2, 0.25) is 0 Å². The molecule has 0 aliphatic carbocycles. The highest BCUT2D eigenvalue weighted by atomic mass is 15.3. The number of aryl methyl sites for hydroxylation is 3. The summed E-state index contributed by atoms with van der Waals surface area (Å²) in [6.07, 6.45) is 1.10. The summed E-state index contributed by atoms with van der Waals surface area (Å²) >= 11 is 0. The van der Waals surface area contributed by atoms with E-state index < -0.39 is 0 Å². The molecule has 2 heterocycles. The van der Waals surface area contributed by atoms with Gasteiger partial charge in [0.05, 0.1) is 17.9 Å². The van der Waals surface area contributed by atoms with Crippen LogP contribution in [0.4, 0.5) is 11.4 Å². The number of hydrogen-bond acceptors (Lipinski definition) is 3. The third kappa shape index (κ3) is 2.07. The van der Waals surface area contributed by atoms with E-state index in [-0.39, 0.29) is 0 Å².